The van der Waals surface area contributed by atoms with E-state index in [0.717, 1.165) is 0 Å². The molecule has 0 aliphatic heterocycles. The first-order chi connectivity index (χ1) is 11.2. The summed E-state index contributed by atoms with van der Waals surface area (Å²) in [5, 5.41) is 53.5. The maximum absolute atomic E-state index is 11.7. The van der Waals surface area contributed by atoms with Crippen LogP contribution in [0.2, 0.25) is 0 Å². The molecule has 31 heavy (non-hydrogen) atoms. The second-order valence-corrected chi connectivity index (χ2v) is 5.00. The molecule has 0 aromatic carbocycles. The fourth-order valence-corrected chi connectivity index (χ4v) is 1.77. The van der Waals surface area contributed by atoms with E-state index >= 15 is 0 Å². The van der Waals surface area contributed by atoms with Crippen LogP contribution < -0.4 is 59.1 Å². The third-order valence-electron chi connectivity index (χ3n) is 2.85. The van der Waals surface area contributed by atoms with Crippen molar-refractivity contribution in [3.05, 3.63) is 0 Å². The monoisotopic (exact) mass is 486 g/mol. The number of carboxylic acids is 5. The molecule has 0 saturated carbocycles. The Bertz CT molecular complexity index is 615. The van der Waals surface area contributed by atoms with Crippen LogP contribution in [0.3, 0.4) is 0 Å². The molecular weight excluding hydrogens is 462 g/mol. The molecule has 19 heteroatoms. The van der Waals surface area contributed by atoms with Gasteiger partial charge in [0.05, 0.1) is 25.7 Å². The van der Waals surface area contributed by atoms with E-state index in [1.54, 1.807) is 0 Å². The van der Waals surface area contributed by atoms with Crippen molar-refractivity contribution in [2.24, 2.45) is 0 Å². The summed E-state index contributed by atoms with van der Waals surface area (Å²) < 4.78 is 4.33. The number of esters is 1. The quantitative estimate of drug-likeness (QED) is 0.117. The molecule has 14 N–H and O–H groups in total. The topological polar surface area (TPSA) is 359 Å². The molecule has 0 heterocycles. The van der Waals surface area contributed by atoms with Gasteiger partial charge < -0.3 is 60.1 Å². The van der Waals surface area contributed by atoms with E-state index in [2.05, 4.69) is 4.74 Å². The van der Waals surface area contributed by atoms with Gasteiger partial charge in [0, 0.05) is 0 Å². The summed E-state index contributed by atoms with van der Waals surface area (Å²) in [7, 11) is 0. The number of rotatable bonds is 11. The Labute approximate surface area is 219 Å². The summed E-state index contributed by atoms with van der Waals surface area (Å²) in [4.78, 5) is 66.0. The molecule has 0 bridgehead atoms. The van der Waals surface area contributed by atoms with E-state index in [1.807, 2.05) is 0 Å². The van der Waals surface area contributed by atoms with E-state index < -0.39 is 72.7 Å². The van der Waals surface area contributed by atoms with Crippen LogP contribution in [-0.4, -0.2) is 99.6 Å². The van der Waals surface area contributed by atoms with Gasteiger partial charge in [-0.15, -0.1) is 0 Å². The summed E-state index contributed by atoms with van der Waals surface area (Å²) in [5.74, 6) is -11.6. The Morgan fingerprint density at radius 2 is 0.935 bits per heavy atom. The Hall–Kier alpha value is -1.38. The molecule has 1 atom stereocenters. The van der Waals surface area contributed by atoms with Crippen LogP contribution >= 0.6 is 0 Å². The van der Waals surface area contributed by atoms with Crippen molar-refractivity contribution in [2.45, 2.75) is 36.9 Å². The molecule has 0 aromatic rings. The van der Waals surface area contributed by atoms with Gasteiger partial charge in [-0.25, -0.2) is 9.59 Å². The third kappa shape index (κ3) is 16.0. The van der Waals surface area contributed by atoms with Crippen molar-refractivity contribution in [1.82, 2.24) is 0 Å². The molecule has 0 aromatic heterocycles. The minimum Gasteiger partial charge on any atom is -1.00 e. The number of hydrogen-bond acceptors (Lipinski definition) is 8. The first kappa shape index (κ1) is 47.4. The summed E-state index contributed by atoms with van der Waals surface area (Å²) in [5.41, 5.74) is -6.24. The van der Waals surface area contributed by atoms with Crippen molar-refractivity contribution in [3.8, 4) is 0 Å². The SMILES string of the molecule is O.O.O.O.O=C(O)CC(O)(CC(=O)OC(CC(=O)O)(CC(=O)O)C(=O)O)C(=O)O.[H-].[H-].[Na+].[Na+]. The van der Waals surface area contributed by atoms with E-state index in [0.29, 0.717) is 0 Å². The van der Waals surface area contributed by atoms with E-state index in [4.69, 9.17) is 25.5 Å². The molecule has 0 radical (unpaired) electrons. The normalized spacial score (nSPS) is 10.7. The number of carbonyl (C=O) groups excluding carboxylic acids is 1. The maximum atomic E-state index is 11.7. The van der Waals surface area contributed by atoms with E-state index in [1.165, 1.54) is 0 Å². The van der Waals surface area contributed by atoms with Gasteiger partial charge >= 0.3 is 94.9 Å². The number of ether oxygens (including phenoxy) is 1. The second kappa shape index (κ2) is 19.3. The Kier molecular flexibility index (Phi) is 29.5. The first-order valence-electron chi connectivity index (χ1n) is 6.30. The molecule has 0 rings (SSSR count). The number of carboxylic acid groups (broad SMARTS) is 5. The van der Waals surface area contributed by atoms with Crippen LogP contribution in [0.1, 0.15) is 28.5 Å². The largest absolute Gasteiger partial charge is 1.00 e. The zero-order chi connectivity index (χ0) is 20.0. The molecule has 0 aliphatic carbocycles. The van der Waals surface area contributed by atoms with Crippen molar-refractivity contribution in [1.29, 1.82) is 0 Å². The molecule has 0 fully saturated rings. The standard InChI is InChI=1S/C12H14O13.2Na.4H2O.2H/c13-5(14)1-11(24,9(20)21)4-8(19)25-12(10(22)23,2-6(15)16)3-7(17)18;;;;;;;;/h24H,1-4H2,(H,13,14)(H,15,16)(H,17,18)(H,20,21)(H,22,23);;;4*1H2;;/q;2*+1;;;;;2*-1. The van der Waals surface area contributed by atoms with Gasteiger partial charge in [0.2, 0.25) is 5.60 Å². The Morgan fingerprint density at radius 3 is 1.16 bits per heavy atom. The van der Waals surface area contributed by atoms with Crippen LogP contribution in [-0.2, 0) is 33.5 Å². The average molecular weight is 486 g/mol. The second-order valence-electron chi connectivity index (χ2n) is 5.00. The average Bonchev–Trinajstić information content (AvgIpc) is 2.34. The van der Waals surface area contributed by atoms with Crippen LogP contribution in [0.25, 0.3) is 0 Å². The molecule has 1 unspecified atom stereocenters. The molecule has 17 nitrogen and oxygen atoms in total. The zero-order valence-electron chi connectivity index (χ0n) is 18.4. The van der Waals surface area contributed by atoms with Crippen LogP contribution in [0.5, 0.6) is 0 Å². The molecule has 0 spiro atoms. The maximum Gasteiger partial charge on any atom is 1.00 e. The molecule has 0 saturated heterocycles. The summed E-state index contributed by atoms with van der Waals surface area (Å²) >= 11 is 0. The van der Waals surface area contributed by atoms with Crippen LogP contribution in [0.4, 0.5) is 0 Å². The predicted octanol–water partition coefficient (Wildman–Crippen LogP) is -11.1. The minimum absolute atomic E-state index is 0. The Balaban J connectivity index is -0.000000103. The smallest absolute Gasteiger partial charge is 1.00 e. The summed E-state index contributed by atoms with van der Waals surface area (Å²) in [6, 6.07) is 0. The molecule has 176 valence electrons. The van der Waals surface area contributed by atoms with Gasteiger partial charge in [-0.3, -0.25) is 19.2 Å². The molecule has 0 aliphatic rings. The van der Waals surface area contributed by atoms with E-state index in [-0.39, 0.29) is 83.9 Å². The Morgan fingerprint density at radius 1 is 0.613 bits per heavy atom. The van der Waals surface area contributed by atoms with Gasteiger partial charge in [-0.1, -0.05) is 0 Å². The van der Waals surface area contributed by atoms with Gasteiger partial charge in [0.1, 0.15) is 0 Å². The fourth-order valence-electron chi connectivity index (χ4n) is 1.77. The van der Waals surface area contributed by atoms with Crippen molar-refractivity contribution in [2.75, 3.05) is 0 Å². The van der Waals surface area contributed by atoms with Crippen molar-refractivity contribution in [3.63, 3.8) is 0 Å². The van der Waals surface area contributed by atoms with E-state index in [9.17, 15) is 33.9 Å². The molecule has 0 amide bonds. The van der Waals surface area contributed by atoms with Crippen molar-refractivity contribution < 1.29 is 148 Å². The predicted molar refractivity (Wildman–Crippen MR) is 87.1 cm³/mol. The summed E-state index contributed by atoms with van der Waals surface area (Å²) in [6.07, 6.45) is -5.94. The number of aliphatic hydroxyl groups is 1. The fraction of sp³-hybridized carbons (Fsp3) is 0.500. The minimum atomic E-state index is -3.17. The summed E-state index contributed by atoms with van der Waals surface area (Å²) in [6.45, 7) is 0. The van der Waals surface area contributed by atoms with Gasteiger partial charge in [0.25, 0.3) is 0 Å². The molecular formula is C12H24Na2O17. The zero-order valence-corrected chi connectivity index (χ0v) is 20.4. The number of carbonyl (C=O) groups is 6. The van der Waals surface area contributed by atoms with Crippen LogP contribution in [0.15, 0.2) is 0 Å². The van der Waals surface area contributed by atoms with Gasteiger partial charge in [-0.2, -0.15) is 0 Å². The first-order valence-corrected chi connectivity index (χ1v) is 6.30. The van der Waals surface area contributed by atoms with Crippen molar-refractivity contribution >= 4 is 35.8 Å². The van der Waals surface area contributed by atoms with Crippen LogP contribution in [0, 0.1) is 0 Å². The number of hydrogen-bond donors (Lipinski definition) is 6. The third-order valence-corrected chi connectivity index (χ3v) is 2.85. The van der Waals surface area contributed by atoms with Gasteiger partial charge in [0.15, 0.2) is 5.60 Å². The van der Waals surface area contributed by atoms with Gasteiger partial charge in [-0.05, 0) is 0 Å². The number of aliphatic carboxylic acids is 5.